The molecule has 1 fully saturated rings. The summed E-state index contributed by atoms with van der Waals surface area (Å²) in [7, 11) is 1.08. The van der Waals surface area contributed by atoms with E-state index in [1.807, 2.05) is 0 Å². The Balaban J connectivity index is 3.18. The maximum atomic E-state index is 12.0. The van der Waals surface area contributed by atoms with Crippen LogP contribution >= 0.6 is 34.8 Å². The zero-order valence-corrected chi connectivity index (χ0v) is 13.7. The molecule has 0 aromatic rings. The molecule has 0 saturated carbocycles. The number of alkyl halides is 3. The number of methoxy groups -OCH3 is 1. The smallest absolute Gasteiger partial charge is 0.337 e. The first-order valence-corrected chi connectivity index (χ1v) is 6.87. The molecule has 0 bridgehead atoms. The molecule has 1 N–H and O–H groups in total. The van der Waals surface area contributed by atoms with Gasteiger partial charge in [0.05, 0.1) is 13.7 Å². The fraction of sp³-hybridized carbons (Fsp3) is 0.727. The number of nitrogens with one attached hydrogen (secondary N) is 1. The molecule has 1 amide bonds. The van der Waals surface area contributed by atoms with E-state index in [0.717, 1.165) is 7.11 Å². The summed E-state index contributed by atoms with van der Waals surface area (Å²) in [5.41, 5.74) is -1.94. The first kappa shape index (κ1) is 18.4. The number of hydrogen-bond donors (Lipinski definition) is 1. The van der Waals surface area contributed by atoms with Gasteiger partial charge in [0.2, 0.25) is 0 Å². The van der Waals surface area contributed by atoms with Crippen molar-refractivity contribution in [2.75, 3.05) is 13.7 Å². The molecule has 10 heteroatoms. The highest BCUT2D eigenvalue weighted by atomic mass is 35.6. The van der Waals surface area contributed by atoms with Crippen LogP contribution in [0.2, 0.25) is 0 Å². The average Bonchev–Trinajstić information content (AvgIpc) is 2.38. The maximum Gasteiger partial charge on any atom is 0.337 e. The first-order valence-electron chi connectivity index (χ1n) is 5.73. The Bertz CT molecular complexity index is 450. The van der Waals surface area contributed by atoms with Gasteiger partial charge in [-0.25, -0.2) is 4.79 Å². The maximum absolute atomic E-state index is 12.0. The van der Waals surface area contributed by atoms with Crippen molar-refractivity contribution < 1.29 is 28.6 Å². The minimum Gasteiger partial charge on any atom is -0.467 e. The van der Waals surface area contributed by atoms with Gasteiger partial charge >= 0.3 is 5.97 Å². The van der Waals surface area contributed by atoms with Gasteiger partial charge in [-0.05, 0) is 13.8 Å². The van der Waals surface area contributed by atoms with Gasteiger partial charge in [-0.1, -0.05) is 34.8 Å². The second-order valence-corrected chi connectivity index (χ2v) is 7.06. The molecule has 0 aliphatic carbocycles. The number of ether oxygens (including phenoxy) is 3. The lowest BCUT2D eigenvalue weighted by molar-refractivity contribution is -0.290. The Morgan fingerprint density at radius 2 is 1.95 bits per heavy atom. The van der Waals surface area contributed by atoms with Crippen LogP contribution in [0.5, 0.6) is 0 Å². The lowest BCUT2D eigenvalue weighted by atomic mass is 9.91. The third-order valence-corrected chi connectivity index (χ3v) is 3.33. The molecule has 0 spiro atoms. The molecule has 1 rings (SSSR count). The average molecular weight is 363 g/mol. The summed E-state index contributed by atoms with van der Waals surface area (Å²) in [5.74, 6) is -3.21. The predicted molar refractivity (Wildman–Crippen MR) is 74.1 cm³/mol. The summed E-state index contributed by atoms with van der Waals surface area (Å²) in [6.45, 7) is 2.70. The largest absolute Gasteiger partial charge is 0.467 e. The van der Waals surface area contributed by atoms with E-state index >= 15 is 0 Å². The van der Waals surface area contributed by atoms with E-state index in [1.54, 1.807) is 13.8 Å². The van der Waals surface area contributed by atoms with E-state index in [-0.39, 0.29) is 6.61 Å². The number of amides is 1. The van der Waals surface area contributed by atoms with Crippen LogP contribution in [0, 0.1) is 0 Å². The van der Waals surface area contributed by atoms with Crippen LogP contribution in [-0.2, 0) is 28.6 Å². The minimum atomic E-state index is -2.33. The molecule has 0 aromatic carbocycles. The number of carbonyl (C=O) groups excluding carboxylic acids is 3. The molecule has 0 unspecified atom stereocenters. The Morgan fingerprint density at radius 1 is 1.38 bits per heavy atom. The standard InChI is InChI=1S/C11H14Cl3NO6/c1-9(2)20-5-10(8(18)19-3,6(4-16)21-9)15-7(17)11(12,13)14/h4,6H,5H2,1-3H3,(H,15,17)/t6-,10-/m0/s1. The molecule has 7 nitrogen and oxygen atoms in total. The van der Waals surface area contributed by atoms with Crippen LogP contribution < -0.4 is 5.32 Å². The fourth-order valence-corrected chi connectivity index (χ4v) is 1.88. The van der Waals surface area contributed by atoms with Crippen LogP contribution in [0.4, 0.5) is 0 Å². The van der Waals surface area contributed by atoms with Crippen molar-refractivity contribution in [2.24, 2.45) is 0 Å². The molecule has 1 saturated heterocycles. The van der Waals surface area contributed by atoms with E-state index in [4.69, 9.17) is 44.3 Å². The van der Waals surface area contributed by atoms with Gasteiger partial charge in [-0.15, -0.1) is 0 Å². The van der Waals surface area contributed by atoms with Crippen molar-refractivity contribution in [1.82, 2.24) is 5.32 Å². The lowest BCUT2D eigenvalue weighted by Crippen LogP contribution is -2.72. The number of hydrogen-bond acceptors (Lipinski definition) is 6. The highest BCUT2D eigenvalue weighted by Crippen LogP contribution is 2.32. The highest BCUT2D eigenvalue weighted by molar-refractivity contribution is 6.76. The molecule has 1 aliphatic rings. The second-order valence-electron chi connectivity index (χ2n) is 4.78. The minimum absolute atomic E-state index is 0.347. The van der Waals surface area contributed by atoms with Gasteiger partial charge in [0, 0.05) is 0 Å². The Kier molecular flexibility index (Phi) is 5.50. The third kappa shape index (κ3) is 3.98. The summed E-state index contributed by atoms with van der Waals surface area (Å²) < 4.78 is 12.9. The van der Waals surface area contributed by atoms with E-state index in [1.165, 1.54) is 0 Å². The SMILES string of the molecule is COC(=O)[C@]1(NC(=O)C(Cl)(Cl)Cl)COC(C)(C)O[C@H]1C=O. The number of rotatable bonds is 3. The first-order chi connectivity index (χ1) is 9.48. The van der Waals surface area contributed by atoms with Crippen molar-refractivity contribution >= 4 is 53.0 Å². The topological polar surface area (TPSA) is 90.9 Å². The third-order valence-electron chi connectivity index (χ3n) is 2.81. The molecule has 1 heterocycles. The van der Waals surface area contributed by atoms with Gasteiger partial charge in [0.1, 0.15) is 0 Å². The lowest BCUT2D eigenvalue weighted by Gasteiger charge is -2.45. The van der Waals surface area contributed by atoms with E-state index in [2.05, 4.69) is 10.1 Å². The van der Waals surface area contributed by atoms with E-state index in [9.17, 15) is 14.4 Å². The zero-order valence-electron chi connectivity index (χ0n) is 11.4. The molecule has 120 valence electrons. The summed E-state index contributed by atoms with van der Waals surface area (Å²) in [4.78, 5) is 35.2. The number of aldehydes is 1. The predicted octanol–water partition coefficient (Wildman–Crippen LogP) is 0.735. The summed E-state index contributed by atoms with van der Waals surface area (Å²) >= 11 is 16.4. The Labute approximate surface area is 136 Å². The van der Waals surface area contributed by atoms with Crippen molar-refractivity contribution in [2.45, 2.75) is 35.1 Å². The summed E-state index contributed by atoms with van der Waals surface area (Å²) in [5, 5.41) is 2.17. The number of carbonyl (C=O) groups is 3. The molecule has 0 radical (unpaired) electrons. The Hall–Kier alpha value is -0.600. The van der Waals surface area contributed by atoms with Crippen molar-refractivity contribution in [3.05, 3.63) is 0 Å². The quantitative estimate of drug-likeness (QED) is 0.452. The van der Waals surface area contributed by atoms with Gasteiger partial charge in [0.15, 0.2) is 23.7 Å². The highest BCUT2D eigenvalue weighted by Gasteiger charge is 2.57. The van der Waals surface area contributed by atoms with E-state index in [0.29, 0.717) is 6.29 Å². The zero-order chi connectivity index (χ0) is 16.5. The van der Waals surface area contributed by atoms with Crippen LogP contribution in [0.1, 0.15) is 13.8 Å². The second kappa shape index (κ2) is 6.26. The number of halogens is 3. The molecule has 0 aromatic heterocycles. The van der Waals surface area contributed by atoms with Gasteiger partial charge in [-0.3, -0.25) is 4.79 Å². The van der Waals surface area contributed by atoms with Crippen molar-refractivity contribution in [1.29, 1.82) is 0 Å². The van der Waals surface area contributed by atoms with Gasteiger partial charge < -0.3 is 24.3 Å². The fourth-order valence-electron chi connectivity index (χ4n) is 1.74. The van der Waals surface area contributed by atoms with Gasteiger partial charge in [-0.2, -0.15) is 0 Å². The summed E-state index contributed by atoms with van der Waals surface area (Å²) in [6.07, 6.45) is -1.02. The van der Waals surface area contributed by atoms with Crippen molar-refractivity contribution in [3.8, 4) is 0 Å². The monoisotopic (exact) mass is 361 g/mol. The molecular weight excluding hydrogens is 348 g/mol. The van der Waals surface area contributed by atoms with E-state index < -0.39 is 33.1 Å². The van der Waals surface area contributed by atoms with Crippen LogP contribution in [0.15, 0.2) is 0 Å². The molecular formula is C11H14Cl3NO6. The van der Waals surface area contributed by atoms with Gasteiger partial charge in [0.25, 0.3) is 9.70 Å². The number of esters is 1. The molecule has 21 heavy (non-hydrogen) atoms. The molecule has 1 aliphatic heterocycles. The van der Waals surface area contributed by atoms with Crippen LogP contribution in [-0.4, -0.2) is 53.1 Å². The van der Waals surface area contributed by atoms with Crippen LogP contribution in [0.3, 0.4) is 0 Å². The van der Waals surface area contributed by atoms with Crippen LogP contribution in [0.25, 0.3) is 0 Å². The summed E-state index contributed by atoms with van der Waals surface area (Å²) in [6, 6.07) is 0. The van der Waals surface area contributed by atoms with Crippen molar-refractivity contribution in [3.63, 3.8) is 0 Å². The Morgan fingerprint density at radius 3 is 2.38 bits per heavy atom. The normalized spacial score (nSPS) is 28.6. The molecule has 2 atom stereocenters.